The summed E-state index contributed by atoms with van der Waals surface area (Å²) in [5, 5.41) is 20.4. The molecule has 0 aromatic rings. The molecule has 1 heterocycles. The second kappa shape index (κ2) is 2.74. The second-order valence-electron chi connectivity index (χ2n) is 5.69. The van der Waals surface area contributed by atoms with Gasteiger partial charge in [0.15, 0.2) is 0 Å². The van der Waals surface area contributed by atoms with E-state index >= 15 is 0 Å². The number of fused-ring (bicyclic) bond motifs is 1. The highest BCUT2D eigenvalue weighted by molar-refractivity contribution is 5.75. The maximum atomic E-state index is 11.4. The number of esters is 1. The summed E-state index contributed by atoms with van der Waals surface area (Å²) in [5.74, 6) is -0.373. The molecule has 0 aromatic carbocycles. The van der Waals surface area contributed by atoms with Gasteiger partial charge in [0.25, 0.3) is 0 Å². The lowest BCUT2D eigenvalue weighted by molar-refractivity contribution is -0.214. The molecule has 0 radical (unpaired) electrons. The zero-order chi connectivity index (χ0) is 11.5. The SMILES string of the molecule is CC1(C)C[C@H](O)C[C@]2(C)OC(=O)C[C@@]12O. The maximum Gasteiger partial charge on any atom is 0.309 e. The topological polar surface area (TPSA) is 66.8 Å². The molecule has 0 bridgehead atoms. The highest BCUT2D eigenvalue weighted by atomic mass is 16.6. The molecule has 0 amide bonds. The second-order valence-corrected chi connectivity index (χ2v) is 5.69. The van der Waals surface area contributed by atoms with Crippen molar-refractivity contribution in [1.29, 1.82) is 0 Å². The van der Waals surface area contributed by atoms with Gasteiger partial charge in [0.2, 0.25) is 0 Å². The van der Waals surface area contributed by atoms with Gasteiger partial charge >= 0.3 is 5.97 Å². The van der Waals surface area contributed by atoms with Crippen LogP contribution < -0.4 is 0 Å². The third-order valence-electron chi connectivity index (χ3n) is 4.10. The van der Waals surface area contributed by atoms with Crippen molar-refractivity contribution in [2.45, 2.75) is 57.3 Å². The van der Waals surface area contributed by atoms with Gasteiger partial charge in [-0.1, -0.05) is 13.8 Å². The average molecular weight is 214 g/mol. The Bertz CT molecular complexity index is 312. The van der Waals surface area contributed by atoms with E-state index in [9.17, 15) is 15.0 Å². The summed E-state index contributed by atoms with van der Waals surface area (Å²) in [6.07, 6.45) is 0.327. The largest absolute Gasteiger partial charge is 0.456 e. The monoisotopic (exact) mass is 214 g/mol. The fraction of sp³-hybridized carbons (Fsp3) is 0.909. The number of hydrogen-bond donors (Lipinski definition) is 2. The zero-order valence-electron chi connectivity index (χ0n) is 9.41. The van der Waals surface area contributed by atoms with Crippen molar-refractivity contribution in [3.63, 3.8) is 0 Å². The molecule has 2 aliphatic rings. The summed E-state index contributed by atoms with van der Waals surface area (Å²) in [6.45, 7) is 5.45. The van der Waals surface area contributed by atoms with Crippen molar-refractivity contribution in [3.05, 3.63) is 0 Å². The van der Waals surface area contributed by atoms with Gasteiger partial charge in [0, 0.05) is 11.8 Å². The predicted octanol–water partition coefficient (Wildman–Crippen LogP) is 0.604. The Morgan fingerprint density at radius 1 is 1.33 bits per heavy atom. The quantitative estimate of drug-likeness (QED) is 0.580. The van der Waals surface area contributed by atoms with Crippen molar-refractivity contribution >= 4 is 5.97 Å². The van der Waals surface area contributed by atoms with E-state index in [0.29, 0.717) is 12.8 Å². The molecule has 3 atom stereocenters. The van der Waals surface area contributed by atoms with Crippen LogP contribution in [0.15, 0.2) is 0 Å². The van der Waals surface area contributed by atoms with Gasteiger partial charge in [-0.2, -0.15) is 0 Å². The Hall–Kier alpha value is -0.610. The minimum atomic E-state index is -1.16. The number of carbonyl (C=O) groups excluding carboxylic acids is 1. The number of carbonyl (C=O) groups is 1. The third-order valence-corrected chi connectivity index (χ3v) is 4.10. The molecule has 1 saturated carbocycles. The molecule has 1 aliphatic heterocycles. The summed E-state index contributed by atoms with van der Waals surface area (Å²) >= 11 is 0. The minimum Gasteiger partial charge on any atom is -0.456 e. The molecule has 4 heteroatoms. The van der Waals surface area contributed by atoms with E-state index in [1.165, 1.54) is 0 Å². The first kappa shape index (κ1) is 10.9. The first-order valence-electron chi connectivity index (χ1n) is 5.32. The number of rotatable bonds is 0. The summed E-state index contributed by atoms with van der Waals surface area (Å²) in [4.78, 5) is 11.4. The molecule has 86 valence electrons. The lowest BCUT2D eigenvalue weighted by Gasteiger charge is -2.52. The Morgan fingerprint density at radius 2 is 1.93 bits per heavy atom. The highest BCUT2D eigenvalue weighted by Gasteiger charge is 2.67. The molecule has 2 rings (SSSR count). The molecular weight excluding hydrogens is 196 g/mol. The minimum absolute atomic E-state index is 0.0310. The van der Waals surface area contributed by atoms with Crippen LogP contribution in [0, 0.1) is 5.41 Å². The first-order valence-corrected chi connectivity index (χ1v) is 5.32. The Morgan fingerprint density at radius 3 is 2.53 bits per heavy atom. The summed E-state index contributed by atoms with van der Waals surface area (Å²) in [6, 6.07) is 0. The number of ether oxygens (including phenoxy) is 1. The van der Waals surface area contributed by atoms with E-state index < -0.39 is 22.7 Å². The molecule has 1 saturated heterocycles. The van der Waals surface area contributed by atoms with Gasteiger partial charge in [0.1, 0.15) is 11.2 Å². The van der Waals surface area contributed by atoms with Crippen LogP contribution in [0.1, 0.15) is 40.0 Å². The van der Waals surface area contributed by atoms with Crippen LogP contribution in [0.5, 0.6) is 0 Å². The number of aliphatic hydroxyl groups is 2. The zero-order valence-corrected chi connectivity index (χ0v) is 9.41. The van der Waals surface area contributed by atoms with E-state index in [-0.39, 0.29) is 12.4 Å². The van der Waals surface area contributed by atoms with Crippen LogP contribution in [0.2, 0.25) is 0 Å². The van der Waals surface area contributed by atoms with Crippen LogP contribution in [0.4, 0.5) is 0 Å². The van der Waals surface area contributed by atoms with Crippen molar-refractivity contribution in [2.75, 3.05) is 0 Å². The normalized spacial score (nSPS) is 48.6. The van der Waals surface area contributed by atoms with Gasteiger partial charge in [-0.25, -0.2) is 0 Å². The van der Waals surface area contributed by atoms with Gasteiger partial charge in [-0.05, 0) is 13.3 Å². The van der Waals surface area contributed by atoms with Crippen molar-refractivity contribution < 1.29 is 19.7 Å². The lowest BCUT2D eigenvalue weighted by atomic mass is 9.57. The molecule has 2 fully saturated rings. The molecule has 2 N–H and O–H groups in total. The fourth-order valence-corrected chi connectivity index (χ4v) is 3.21. The maximum absolute atomic E-state index is 11.4. The third kappa shape index (κ3) is 1.24. The smallest absolute Gasteiger partial charge is 0.309 e. The van der Waals surface area contributed by atoms with Gasteiger partial charge in [0.05, 0.1) is 12.5 Å². The van der Waals surface area contributed by atoms with Crippen molar-refractivity contribution in [3.8, 4) is 0 Å². The van der Waals surface area contributed by atoms with Crippen LogP contribution in [-0.4, -0.2) is 33.5 Å². The van der Waals surface area contributed by atoms with Crippen LogP contribution in [0.25, 0.3) is 0 Å². The summed E-state index contributed by atoms with van der Waals surface area (Å²) in [7, 11) is 0. The van der Waals surface area contributed by atoms with Crippen LogP contribution >= 0.6 is 0 Å². The van der Waals surface area contributed by atoms with Gasteiger partial charge in [-0.3, -0.25) is 4.79 Å². The van der Waals surface area contributed by atoms with Gasteiger partial charge in [-0.15, -0.1) is 0 Å². The number of aliphatic hydroxyl groups excluding tert-OH is 1. The van der Waals surface area contributed by atoms with E-state index in [2.05, 4.69) is 0 Å². The summed E-state index contributed by atoms with van der Waals surface area (Å²) in [5.41, 5.74) is -2.60. The fourth-order valence-electron chi connectivity index (χ4n) is 3.21. The Kier molecular flexibility index (Phi) is 1.99. The lowest BCUT2D eigenvalue weighted by Crippen LogP contribution is -2.63. The molecule has 1 aliphatic carbocycles. The van der Waals surface area contributed by atoms with Crippen molar-refractivity contribution in [1.82, 2.24) is 0 Å². The Labute approximate surface area is 89.2 Å². The predicted molar refractivity (Wildman–Crippen MR) is 53.1 cm³/mol. The molecule has 4 nitrogen and oxygen atoms in total. The molecular formula is C11H18O4. The van der Waals surface area contributed by atoms with Gasteiger partial charge < -0.3 is 14.9 Å². The van der Waals surface area contributed by atoms with E-state index in [1.54, 1.807) is 6.92 Å². The van der Waals surface area contributed by atoms with Crippen LogP contribution in [-0.2, 0) is 9.53 Å². The van der Waals surface area contributed by atoms with Crippen LogP contribution in [0.3, 0.4) is 0 Å². The van der Waals surface area contributed by atoms with Crippen molar-refractivity contribution in [2.24, 2.45) is 5.41 Å². The molecule has 0 aromatic heterocycles. The molecule has 0 spiro atoms. The Balaban J connectivity index is 2.46. The van der Waals surface area contributed by atoms with E-state index in [4.69, 9.17) is 4.74 Å². The first-order chi connectivity index (χ1) is 6.70. The molecule has 15 heavy (non-hydrogen) atoms. The average Bonchev–Trinajstić information content (AvgIpc) is 2.19. The van der Waals surface area contributed by atoms with E-state index in [0.717, 1.165) is 0 Å². The summed E-state index contributed by atoms with van der Waals surface area (Å²) < 4.78 is 5.21. The van der Waals surface area contributed by atoms with E-state index in [1.807, 2.05) is 13.8 Å². The number of hydrogen-bond acceptors (Lipinski definition) is 4. The molecule has 0 unspecified atom stereocenters. The standard InChI is InChI=1S/C11H18O4/c1-9(2)4-7(12)5-10(3)11(9,14)6-8(13)15-10/h7,12,14H,4-6H2,1-3H3/t7-,10-,11+/m0/s1. The highest BCUT2D eigenvalue weighted by Crippen LogP contribution is 2.55.